The van der Waals surface area contributed by atoms with E-state index in [2.05, 4.69) is 14.8 Å². The molecule has 0 aromatic heterocycles. The summed E-state index contributed by atoms with van der Waals surface area (Å²) in [7, 11) is -2.77. The Hall–Kier alpha value is -3.36. The lowest BCUT2D eigenvalue weighted by Crippen LogP contribution is -2.17. The van der Waals surface area contributed by atoms with E-state index < -0.39 is 21.9 Å². The number of methoxy groups -OCH3 is 1. The number of aryl methyl sites for hydroxylation is 2. The van der Waals surface area contributed by atoms with E-state index in [0.29, 0.717) is 16.9 Å². The maximum atomic E-state index is 13.0. The fourth-order valence-corrected chi connectivity index (χ4v) is 4.56. The molecule has 0 saturated carbocycles. The number of rotatable bonds is 6. The molecule has 0 aliphatic rings. The average Bonchev–Trinajstić information content (AvgIpc) is 2.76. The summed E-state index contributed by atoms with van der Waals surface area (Å²) in [6.07, 6.45) is 0. The van der Waals surface area contributed by atoms with E-state index in [9.17, 15) is 18.0 Å². The summed E-state index contributed by atoms with van der Waals surface area (Å²) in [4.78, 5) is 24.0. The fourth-order valence-electron chi connectivity index (χ4n) is 2.91. The first kappa shape index (κ1) is 23.3. The molecule has 0 spiro atoms. The zero-order valence-electron chi connectivity index (χ0n) is 17.6. The average molecular weight is 473 g/mol. The number of esters is 1. The van der Waals surface area contributed by atoms with Gasteiger partial charge in [-0.15, -0.1) is 0 Å². The van der Waals surface area contributed by atoms with E-state index in [-0.39, 0.29) is 15.5 Å². The summed E-state index contributed by atoms with van der Waals surface area (Å²) >= 11 is 6.15. The van der Waals surface area contributed by atoms with Gasteiger partial charge in [0.25, 0.3) is 15.9 Å². The minimum absolute atomic E-state index is 0.0122. The van der Waals surface area contributed by atoms with Crippen molar-refractivity contribution in [3.8, 4) is 0 Å². The number of hydrogen-bond acceptors (Lipinski definition) is 5. The predicted octanol–water partition coefficient (Wildman–Crippen LogP) is 4.80. The van der Waals surface area contributed by atoms with Gasteiger partial charge in [0.05, 0.1) is 23.4 Å². The Balaban J connectivity index is 1.85. The van der Waals surface area contributed by atoms with Crippen LogP contribution in [0.25, 0.3) is 0 Å². The van der Waals surface area contributed by atoms with Crippen molar-refractivity contribution in [2.45, 2.75) is 18.7 Å². The molecule has 9 heteroatoms. The summed E-state index contributed by atoms with van der Waals surface area (Å²) in [5.74, 6) is -1.03. The van der Waals surface area contributed by atoms with Crippen LogP contribution in [0.4, 0.5) is 11.4 Å². The third kappa shape index (κ3) is 5.27. The van der Waals surface area contributed by atoms with Gasteiger partial charge in [-0.05, 0) is 73.5 Å². The number of carbonyl (C=O) groups excluding carboxylic acids is 2. The summed E-state index contributed by atoms with van der Waals surface area (Å²) < 4.78 is 33.1. The van der Waals surface area contributed by atoms with Gasteiger partial charge in [0.2, 0.25) is 0 Å². The van der Waals surface area contributed by atoms with E-state index in [1.165, 1.54) is 37.4 Å². The molecule has 0 saturated heterocycles. The number of hydrogen-bond donors (Lipinski definition) is 2. The van der Waals surface area contributed by atoms with Crippen molar-refractivity contribution in [2.75, 3.05) is 17.1 Å². The summed E-state index contributed by atoms with van der Waals surface area (Å²) in [5, 5.41) is 2.65. The molecule has 1 amide bonds. The second-order valence-corrected chi connectivity index (χ2v) is 9.15. The van der Waals surface area contributed by atoms with E-state index in [1.54, 1.807) is 25.1 Å². The summed E-state index contributed by atoms with van der Waals surface area (Å²) in [5.41, 5.74) is 2.94. The van der Waals surface area contributed by atoms with Crippen LogP contribution in [-0.2, 0) is 14.8 Å². The van der Waals surface area contributed by atoms with Gasteiger partial charge in [-0.1, -0.05) is 23.7 Å². The fraction of sp³-hybridized carbons (Fsp3) is 0.130. The maximum absolute atomic E-state index is 13.0. The molecule has 2 N–H and O–H groups in total. The highest BCUT2D eigenvalue weighted by Crippen LogP contribution is 2.27. The molecule has 3 aromatic carbocycles. The molecule has 0 radical (unpaired) electrons. The minimum Gasteiger partial charge on any atom is -0.465 e. The topological polar surface area (TPSA) is 102 Å². The second kappa shape index (κ2) is 9.42. The first-order valence-corrected chi connectivity index (χ1v) is 11.4. The number of anilines is 2. The number of amides is 1. The van der Waals surface area contributed by atoms with Crippen LogP contribution in [0.2, 0.25) is 5.02 Å². The smallest absolute Gasteiger partial charge is 0.337 e. The predicted molar refractivity (Wildman–Crippen MR) is 124 cm³/mol. The van der Waals surface area contributed by atoms with Crippen LogP contribution in [0, 0.1) is 13.8 Å². The van der Waals surface area contributed by atoms with Crippen LogP contribution >= 0.6 is 11.6 Å². The second-order valence-electron chi connectivity index (χ2n) is 7.09. The molecule has 0 aliphatic heterocycles. The third-order valence-corrected chi connectivity index (χ3v) is 6.53. The van der Waals surface area contributed by atoms with Crippen molar-refractivity contribution < 1.29 is 22.7 Å². The van der Waals surface area contributed by atoms with Crippen LogP contribution in [-0.4, -0.2) is 27.4 Å². The Kier molecular flexibility index (Phi) is 6.86. The Labute approximate surface area is 191 Å². The summed E-state index contributed by atoms with van der Waals surface area (Å²) in [6.45, 7) is 3.64. The quantitative estimate of drug-likeness (QED) is 0.502. The van der Waals surface area contributed by atoms with E-state index in [0.717, 1.165) is 11.1 Å². The molecule has 0 bridgehead atoms. The lowest BCUT2D eigenvalue weighted by atomic mass is 10.1. The molecule has 3 aromatic rings. The third-order valence-electron chi connectivity index (χ3n) is 4.68. The number of sulfonamides is 1. The summed E-state index contributed by atoms with van der Waals surface area (Å²) in [6, 6.07) is 15.5. The Morgan fingerprint density at radius 1 is 0.906 bits per heavy atom. The van der Waals surface area contributed by atoms with Gasteiger partial charge < -0.3 is 10.1 Å². The van der Waals surface area contributed by atoms with Crippen LogP contribution in [0.3, 0.4) is 0 Å². The van der Waals surface area contributed by atoms with Gasteiger partial charge in [0.15, 0.2) is 0 Å². The van der Waals surface area contributed by atoms with Gasteiger partial charge in [0, 0.05) is 11.3 Å². The van der Waals surface area contributed by atoms with Gasteiger partial charge in [-0.3, -0.25) is 9.52 Å². The first-order chi connectivity index (χ1) is 15.1. The van der Waals surface area contributed by atoms with Crippen LogP contribution < -0.4 is 10.0 Å². The number of ether oxygens (including phenoxy) is 1. The molecule has 3 rings (SSSR count). The highest BCUT2D eigenvalue weighted by molar-refractivity contribution is 7.92. The zero-order chi connectivity index (χ0) is 23.5. The highest BCUT2D eigenvalue weighted by Gasteiger charge is 2.21. The van der Waals surface area contributed by atoms with Gasteiger partial charge in [-0.25, -0.2) is 13.2 Å². The van der Waals surface area contributed by atoms with Crippen molar-refractivity contribution >= 4 is 44.9 Å². The Bertz CT molecular complexity index is 1290. The SMILES string of the molecule is COC(=O)c1ccc(NC(=O)c2ccc(Cl)c(S(=O)(=O)Nc3cc(C)ccc3C)c2)cc1. The molecule has 0 atom stereocenters. The molecule has 0 unspecified atom stereocenters. The molecular weight excluding hydrogens is 452 g/mol. The normalized spacial score (nSPS) is 11.0. The molecule has 166 valence electrons. The molecular formula is C23H21ClN2O5S. The Morgan fingerprint density at radius 3 is 2.22 bits per heavy atom. The van der Waals surface area contributed by atoms with Crippen molar-refractivity contribution in [3.05, 3.63) is 87.9 Å². The molecule has 32 heavy (non-hydrogen) atoms. The van der Waals surface area contributed by atoms with Crippen molar-refractivity contribution in [1.29, 1.82) is 0 Å². The minimum atomic E-state index is -4.04. The van der Waals surface area contributed by atoms with Gasteiger partial charge in [0.1, 0.15) is 4.90 Å². The first-order valence-electron chi connectivity index (χ1n) is 9.50. The van der Waals surface area contributed by atoms with Crippen molar-refractivity contribution in [3.63, 3.8) is 0 Å². The monoisotopic (exact) mass is 472 g/mol. The standard InChI is InChI=1S/C23H21ClN2O5S/c1-14-4-5-15(2)20(12-14)26-32(29,30)21-13-17(8-11-19(21)24)22(27)25-18-9-6-16(7-10-18)23(28)31-3/h4-13,26H,1-3H3,(H,25,27). The number of carbonyl (C=O) groups is 2. The van der Waals surface area contributed by atoms with Crippen molar-refractivity contribution in [2.24, 2.45) is 0 Å². The van der Waals surface area contributed by atoms with Crippen LogP contribution in [0.15, 0.2) is 65.6 Å². The lowest BCUT2D eigenvalue weighted by Gasteiger charge is -2.13. The lowest BCUT2D eigenvalue weighted by molar-refractivity contribution is 0.0600. The van der Waals surface area contributed by atoms with E-state index in [1.807, 2.05) is 19.1 Å². The van der Waals surface area contributed by atoms with Crippen LogP contribution in [0.5, 0.6) is 0 Å². The number of halogens is 1. The molecule has 7 nitrogen and oxygen atoms in total. The highest BCUT2D eigenvalue weighted by atomic mass is 35.5. The zero-order valence-corrected chi connectivity index (χ0v) is 19.2. The molecule has 0 fully saturated rings. The molecule has 0 heterocycles. The number of benzene rings is 3. The van der Waals surface area contributed by atoms with Gasteiger partial charge >= 0.3 is 5.97 Å². The van der Waals surface area contributed by atoms with E-state index >= 15 is 0 Å². The Morgan fingerprint density at radius 2 is 1.56 bits per heavy atom. The van der Waals surface area contributed by atoms with Crippen LogP contribution in [0.1, 0.15) is 31.8 Å². The largest absolute Gasteiger partial charge is 0.465 e. The van der Waals surface area contributed by atoms with Gasteiger partial charge in [-0.2, -0.15) is 0 Å². The van der Waals surface area contributed by atoms with E-state index in [4.69, 9.17) is 11.6 Å². The van der Waals surface area contributed by atoms with Crippen molar-refractivity contribution in [1.82, 2.24) is 0 Å². The maximum Gasteiger partial charge on any atom is 0.337 e. The molecule has 0 aliphatic carbocycles. The number of nitrogens with one attached hydrogen (secondary N) is 2.